The highest BCUT2D eigenvalue weighted by molar-refractivity contribution is 5.99. The summed E-state index contributed by atoms with van der Waals surface area (Å²) in [5.74, 6) is 0.854. The van der Waals surface area contributed by atoms with Crippen LogP contribution in [0.25, 0.3) is 11.1 Å². The summed E-state index contributed by atoms with van der Waals surface area (Å²) >= 11 is 0. The number of benzene rings is 4. The molecule has 0 N–H and O–H groups in total. The summed E-state index contributed by atoms with van der Waals surface area (Å²) in [4.78, 5) is 0. The lowest BCUT2D eigenvalue weighted by Gasteiger charge is -2.59. The van der Waals surface area contributed by atoms with Gasteiger partial charge in [-0.15, -0.1) is 0 Å². The van der Waals surface area contributed by atoms with Crippen LogP contribution in [0.3, 0.4) is 0 Å². The van der Waals surface area contributed by atoms with Crippen LogP contribution in [0.15, 0.2) is 126 Å². The number of methoxy groups -OCH3 is 2. The van der Waals surface area contributed by atoms with Crippen molar-refractivity contribution in [1.29, 1.82) is 0 Å². The van der Waals surface area contributed by atoms with Gasteiger partial charge in [0.15, 0.2) is 0 Å². The van der Waals surface area contributed by atoms with Crippen molar-refractivity contribution in [3.63, 3.8) is 0 Å². The van der Waals surface area contributed by atoms with E-state index in [2.05, 4.69) is 150 Å². The predicted molar refractivity (Wildman–Crippen MR) is 223 cm³/mol. The molecule has 0 bridgehead atoms. The van der Waals surface area contributed by atoms with Crippen LogP contribution >= 0.6 is 0 Å². The maximum absolute atomic E-state index is 7.29. The Morgan fingerprint density at radius 1 is 0.538 bits per heavy atom. The van der Waals surface area contributed by atoms with E-state index in [-0.39, 0.29) is 5.41 Å². The molecule has 0 aromatic heterocycles. The second kappa shape index (κ2) is 18.2. The van der Waals surface area contributed by atoms with Gasteiger partial charge in [-0.1, -0.05) is 196 Å². The van der Waals surface area contributed by atoms with E-state index in [1.807, 2.05) is 7.11 Å². The third-order valence-electron chi connectivity index (χ3n) is 11.5. The molecule has 0 heterocycles. The van der Waals surface area contributed by atoms with E-state index in [4.69, 9.17) is 9.47 Å². The molecule has 0 spiro atoms. The lowest BCUT2D eigenvalue weighted by Crippen LogP contribution is -2.59. The maximum Gasteiger partial charge on any atom is 0.118 e. The SMILES string of the molecule is CCCCCCCCCCCCC1=C(c2ccccc2)C(CC)(OC)C(c2ccccc2)(c2ccc(OC)cc2)C(C(C)(C)C)=C1c1ccccc1. The van der Waals surface area contributed by atoms with Gasteiger partial charge < -0.3 is 9.47 Å². The summed E-state index contributed by atoms with van der Waals surface area (Å²) in [6.07, 6.45) is 15.0. The van der Waals surface area contributed by atoms with Crippen molar-refractivity contribution in [1.82, 2.24) is 0 Å². The molecule has 2 unspecified atom stereocenters. The molecular weight excluding hydrogens is 633 g/mol. The van der Waals surface area contributed by atoms with E-state index in [1.165, 1.54) is 102 Å². The molecule has 2 atom stereocenters. The van der Waals surface area contributed by atoms with Gasteiger partial charge in [-0.2, -0.15) is 0 Å². The van der Waals surface area contributed by atoms with Crippen molar-refractivity contribution >= 4 is 11.1 Å². The molecule has 5 rings (SSSR count). The minimum Gasteiger partial charge on any atom is -0.497 e. The average Bonchev–Trinajstić information content (AvgIpc) is 3.18. The zero-order valence-electron chi connectivity index (χ0n) is 33.3. The number of rotatable bonds is 18. The molecule has 0 fully saturated rings. The van der Waals surface area contributed by atoms with Gasteiger partial charge in [-0.05, 0) is 81.4 Å². The molecule has 0 saturated heterocycles. The van der Waals surface area contributed by atoms with Crippen molar-refractivity contribution in [2.24, 2.45) is 5.41 Å². The fraction of sp³-hybridized carbons (Fsp3) is 0.440. The number of allylic oxidation sites excluding steroid dienone is 2. The van der Waals surface area contributed by atoms with Crippen molar-refractivity contribution < 1.29 is 9.47 Å². The third-order valence-corrected chi connectivity index (χ3v) is 11.5. The van der Waals surface area contributed by atoms with E-state index in [1.54, 1.807) is 7.11 Å². The number of hydrogen-bond acceptors (Lipinski definition) is 2. The molecule has 0 radical (unpaired) electrons. The van der Waals surface area contributed by atoms with Crippen LogP contribution in [0.5, 0.6) is 5.75 Å². The molecule has 4 aromatic carbocycles. The van der Waals surface area contributed by atoms with E-state index in [0.717, 1.165) is 25.0 Å². The number of unbranched alkanes of at least 4 members (excludes halogenated alkanes) is 9. The normalized spacial score (nSPS) is 19.3. The lowest BCUT2D eigenvalue weighted by atomic mass is 9.46. The van der Waals surface area contributed by atoms with E-state index in [0.29, 0.717) is 0 Å². The molecule has 1 aliphatic rings. The summed E-state index contributed by atoms with van der Waals surface area (Å²) in [5, 5.41) is 0. The van der Waals surface area contributed by atoms with Crippen molar-refractivity contribution in [2.45, 2.75) is 123 Å². The highest BCUT2D eigenvalue weighted by Gasteiger charge is 2.63. The Labute approximate surface area is 316 Å². The third kappa shape index (κ3) is 7.89. The Bertz CT molecular complexity index is 1720. The molecule has 0 saturated carbocycles. The van der Waals surface area contributed by atoms with E-state index < -0.39 is 11.0 Å². The monoisotopic (exact) mass is 696 g/mol. The van der Waals surface area contributed by atoms with Gasteiger partial charge in [-0.3, -0.25) is 0 Å². The molecule has 1 aliphatic carbocycles. The molecule has 2 nitrogen and oxygen atoms in total. The van der Waals surface area contributed by atoms with Crippen molar-refractivity contribution in [2.75, 3.05) is 14.2 Å². The zero-order valence-corrected chi connectivity index (χ0v) is 33.3. The molecule has 276 valence electrons. The van der Waals surface area contributed by atoms with Gasteiger partial charge in [0.05, 0.1) is 12.5 Å². The van der Waals surface area contributed by atoms with Gasteiger partial charge >= 0.3 is 0 Å². The fourth-order valence-corrected chi connectivity index (χ4v) is 9.30. The van der Waals surface area contributed by atoms with E-state index in [9.17, 15) is 0 Å². The molecule has 2 heteroatoms. The van der Waals surface area contributed by atoms with Crippen LogP contribution in [0.4, 0.5) is 0 Å². The Hall–Kier alpha value is -3.88. The average molecular weight is 697 g/mol. The van der Waals surface area contributed by atoms with Gasteiger partial charge in [0, 0.05) is 7.11 Å². The Kier molecular flexibility index (Phi) is 13.8. The summed E-state index contributed by atoms with van der Waals surface area (Å²) in [6.45, 7) is 11.9. The predicted octanol–water partition coefficient (Wildman–Crippen LogP) is 14.1. The molecule has 0 amide bonds. The second-order valence-electron chi connectivity index (χ2n) is 15.7. The van der Waals surface area contributed by atoms with Crippen LogP contribution < -0.4 is 4.74 Å². The van der Waals surface area contributed by atoms with Crippen LogP contribution in [-0.4, -0.2) is 19.8 Å². The fourth-order valence-electron chi connectivity index (χ4n) is 9.30. The summed E-state index contributed by atoms with van der Waals surface area (Å²) < 4.78 is 13.0. The smallest absolute Gasteiger partial charge is 0.118 e. The first-order chi connectivity index (χ1) is 25.3. The second-order valence-corrected chi connectivity index (χ2v) is 15.7. The van der Waals surface area contributed by atoms with E-state index >= 15 is 0 Å². The Balaban J connectivity index is 1.82. The van der Waals surface area contributed by atoms with Gasteiger partial charge in [-0.25, -0.2) is 0 Å². The molecular formula is C50H64O2. The topological polar surface area (TPSA) is 18.5 Å². The largest absolute Gasteiger partial charge is 0.497 e. The number of hydrogen-bond donors (Lipinski definition) is 0. The maximum atomic E-state index is 7.29. The molecule has 0 aliphatic heterocycles. The Morgan fingerprint density at radius 3 is 1.50 bits per heavy atom. The van der Waals surface area contributed by atoms with Crippen molar-refractivity contribution in [3.05, 3.63) is 149 Å². The van der Waals surface area contributed by atoms with Crippen LogP contribution in [-0.2, 0) is 10.2 Å². The molecule has 4 aromatic rings. The van der Waals surface area contributed by atoms with Crippen LogP contribution in [0, 0.1) is 5.41 Å². The summed E-state index contributed by atoms with van der Waals surface area (Å²) in [6, 6.07) is 42.4. The zero-order chi connectivity index (χ0) is 37.0. The van der Waals surface area contributed by atoms with Crippen LogP contribution in [0.2, 0.25) is 0 Å². The summed E-state index contributed by atoms with van der Waals surface area (Å²) in [5.41, 5.74) is 8.90. The minimum atomic E-state index is -0.723. The van der Waals surface area contributed by atoms with Gasteiger partial charge in [0.2, 0.25) is 0 Å². The first-order valence-electron chi connectivity index (χ1n) is 20.1. The first kappa shape index (κ1) is 39.3. The van der Waals surface area contributed by atoms with Crippen LogP contribution in [0.1, 0.15) is 134 Å². The van der Waals surface area contributed by atoms with Crippen molar-refractivity contribution in [3.8, 4) is 5.75 Å². The minimum absolute atomic E-state index is 0.231. The quantitative estimate of drug-likeness (QED) is 0.0964. The van der Waals surface area contributed by atoms with Gasteiger partial charge in [0.1, 0.15) is 11.4 Å². The number of ether oxygens (including phenoxy) is 2. The van der Waals surface area contributed by atoms with Gasteiger partial charge in [0.25, 0.3) is 0 Å². The molecule has 52 heavy (non-hydrogen) atoms. The first-order valence-corrected chi connectivity index (χ1v) is 20.1. The summed E-state index contributed by atoms with van der Waals surface area (Å²) in [7, 11) is 3.71. The highest BCUT2D eigenvalue weighted by atomic mass is 16.5. The highest BCUT2D eigenvalue weighted by Crippen LogP contribution is 2.66. The standard InChI is InChI=1S/C50H64O2/c1-8-10-11-12-13-14-15-16-17-27-34-44-45(39-28-21-18-22-29-39)47(48(3,4)5)50(41-32-25-20-26-33-41,42-35-37-43(51-6)38-36-42)49(9-2,52-7)46(44)40-30-23-19-24-31-40/h18-26,28-33,35-38H,8-17,27,34H2,1-7H3. The lowest BCUT2D eigenvalue weighted by molar-refractivity contribution is -0.0109. The Morgan fingerprint density at radius 2 is 1.02 bits per heavy atom.